The lowest BCUT2D eigenvalue weighted by Crippen LogP contribution is -2.01. The number of nitrogens with two attached hydrogens (primary N) is 1. The monoisotopic (exact) mass is 334 g/mol. The first-order valence-corrected chi connectivity index (χ1v) is 7.55. The molecule has 20 heavy (non-hydrogen) atoms. The summed E-state index contributed by atoms with van der Waals surface area (Å²) < 4.78 is 6.93. The van der Waals surface area contributed by atoms with Crippen LogP contribution in [0.5, 0.6) is 11.6 Å². The maximum atomic E-state index is 5.86. The van der Waals surface area contributed by atoms with Crippen molar-refractivity contribution in [2.24, 2.45) is 5.73 Å². The summed E-state index contributed by atoms with van der Waals surface area (Å²) in [4.78, 5) is 4.53. The molecule has 0 spiro atoms. The van der Waals surface area contributed by atoms with Gasteiger partial charge in [-0.25, -0.2) is 4.98 Å². The second kappa shape index (κ2) is 6.86. The van der Waals surface area contributed by atoms with Crippen LogP contribution in [-0.4, -0.2) is 4.98 Å². The SMILES string of the molecule is CCCc1cc(CN)cc(Oc2ccc(Br)c(C)c2)n1. The van der Waals surface area contributed by atoms with Crippen LogP contribution in [0.1, 0.15) is 30.2 Å². The zero-order valence-corrected chi connectivity index (χ0v) is 13.4. The molecule has 0 bridgehead atoms. The van der Waals surface area contributed by atoms with Crippen LogP contribution in [-0.2, 0) is 13.0 Å². The third-order valence-electron chi connectivity index (χ3n) is 3.01. The highest BCUT2D eigenvalue weighted by molar-refractivity contribution is 9.10. The fourth-order valence-electron chi connectivity index (χ4n) is 1.98. The van der Waals surface area contributed by atoms with Gasteiger partial charge in [-0.2, -0.15) is 0 Å². The summed E-state index contributed by atoms with van der Waals surface area (Å²) in [6.07, 6.45) is 1.99. The van der Waals surface area contributed by atoms with E-state index in [0.717, 1.165) is 39.9 Å². The van der Waals surface area contributed by atoms with E-state index < -0.39 is 0 Å². The number of ether oxygens (including phenoxy) is 1. The molecule has 106 valence electrons. The average molecular weight is 335 g/mol. The molecule has 4 heteroatoms. The minimum absolute atomic E-state index is 0.495. The van der Waals surface area contributed by atoms with Crippen LogP contribution in [0.15, 0.2) is 34.8 Å². The molecular formula is C16H19BrN2O. The quantitative estimate of drug-likeness (QED) is 0.883. The molecule has 0 amide bonds. The van der Waals surface area contributed by atoms with Gasteiger partial charge in [0.1, 0.15) is 5.75 Å². The van der Waals surface area contributed by atoms with Gasteiger partial charge in [-0.15, -0.1) is 0 Å². The van der Waals surface area contributed by atoms with Crippen molar-refractivity contribution in [3.05, 3.63) is 51.6 Å². The molecular weight excluding hydrogens is 316 g/mol. The number of rotatable bonds is 5. The average Bonchev–Trinajstić information content (AvgIpc) is 2.43. The van der Waals surface area contributed by atoms with Crippen LogP contribution in [0.25, 0.3) is 0 Å². The Bertz CT molecular complexity index is 599. The molecule has 0 unspecified atom stereocenters. The molecule has 0 aliphatic carbocycles. The predicted molar refractivity (Wildman–Crippen MR) is 85.1 cm³/mol. The molecule has 2 rings (SSSR count). The number of hydrogen-bond donors (Lipinski definition) is 1. The number of nitrogens with zero attached hydrogens (tertiary/aromatic N) is 1. The van der Waals surface area contributed by atoms with Gasteiger partial charge in [0.2, 0.25) is 5.88 Å². The van der Waals surface area contributed by atoms with Crippen LogP contribution in [0, 0.1) is 6.92 Å². The lowest BCUT2D eigenvalue weighted by atomic mass is 10.1. The first-order valence-electron chi connectivity index (χ1n) is 6.76. The maximum absolute atomic E-state index is 5.86. The van der Waals surface area contributed by atoms with E-state index in [1.165, 1.54) is 0 Å². The Balaban J connectivity index is 2.27. The van der Waals surface area contributed by atoms with Crippen LogP contribution in [0.4, 0.5) is 0 Å². The number of halogens is 1. The van der Waals surface area contributed by atoms with Gasteiger partial charge in [-0.1, -0.05) is 29.3 Å². The molecule has 0 fully saturated rings. The molecule has 0 aliphatic rings. The molecule has 0 saturated carbocycles. The van der Waals surface area contributed by atoms with Crippen molar-refractivity contribution < 1.29 is 4.74 Å². The normalized spacial score (nSPS) is 10.6. The number of aryl methyl sites for hydroxylation is 2. The van der Waals surface area contributed by atoms with Crippen molar-refractivity contribution in [3.63, 3.8) is 0 Å². The summed E-state index contributed by atoms with van der Waals surface area (Å²) in [5.41, 5.74) is 8.94. The van der Waals surface area contributed by atoms with Crippen LogP contribution >= 0.6 is 15.9 Å². The summed E-state index contributed by atoms with van der Waals surface area (Å²) in [5, 5.41) is 0. The highest BCUT2D eigenvalue weighted by Crippen LogP contribution is 2.26. The molecule has 1 aromatic heterocycles. The lowest BCUT2D eigenvalue weighted by Gasteiger charge is -2.10. The van der Waals surface area contributed by atoms with E-state index in [9.17, 15) is 0 Å². The van der Waals surface area contributed by atoms with Gasteiger partial charge in [0, 0.05) is 22.8 Å². The highest BCUT2D eigenvalue weighted by Gasteiger charge is 2.05. The second-order valence-corrected chi connectivity index (χ2v) is 5.63. The third-order valence-corrected chi connectivity index (χ3v) is 3.90. The van der Waals surface area contributed by atoms with Gasteiger partial charge in [-0.05, 0) is 48.7 Å². The minimum atomic E-state index is 0.495. The lowest BCUT2D eigenvalue weighted by molar-refractivity contribution is 0.459. The van der Waals surface area contributed by atoms with Crippen LogP contribution in [0.3, 0.4) is 0 Å². The summed E-state index contributed by atoms with van der Waals surface area (Å²) in [6.45, 7) is 4.66. The minimum Gasteiger partial charge on any atom is -0.439 e. The molecule has 3 nitrogen and oxygen atoms in total. The summed E-state index contributed by atoms with van der Waals surface area (Å²) in [5.74, 6) is 1.40. The fourth-order valence-corrected chi connectivity index (χ4v) is 2.22. The first-order chi connectivity index (χ1) is 9.62. The Morgan fingerprint density at radius 1 is 1.25 bits per heavy atom. The topological polar surface area (TPSA) is 48.1 Å². The highest BCUT2D eigenvalue weighted by atomic mass is 79.9. The fraction of sp³-hybridized carbons (Fsp3) is 0.312. The van der Waals surface area contributed by atoms with Crippen molar-refractivity contribution in [2.75, 3.05) is 0 Å². The van der Waals surface area contributed by atoms with Crippen LogP contribution in [0.2, 0.25) is 0 Å². The number of aromatic nitrogens is 1. The number of hydrogen-bond acceptors (Lipinski definition) is 3. The first kappa shape index (κ1) is 15.0. The largest absolute Gasteiger partial charge is 0.439 e. The molecule has 0 saturated heterocycles. The molecule has 1 heterocycles. The van der Waals surface area contributed by atoms with Gasteiger partial charge < -0.3 is 10.5 Å². The van der Waals surface area contributed by atoms with Gasteiger partial charge in [0.25, 0.3) is 0 Å². The van der Waals surface area contributed by atoms with E-state index in [2.05, 4.69) is 27.8 Å². The second-order valence-electron chi connectivity index (χ2n) is 4.77. The zero-order chi connectivity index (χ0) is 14.5. The molecule has 2 aromatic rings. The maximum Gasteiger partial charge on any atom is 0.219 e. The Labute approximate surface area is 128 Å². The van der Waals surface area contributed by atoms with Crippen molar-refractivity contribution in [2.45, 2.75) is 33.2 Å². The van der Waals surface area contributed by atoms with E-state index in [0.29, 0.717) is 12.4 Å². The van der Waals surface area contributed by atoms with E-state index in [4.69, 9.17) is 10.5 Å². The van der Waals surface area contributed by atoms with Crippen molar-refractivity contribution in [3.8, 4) is 11.6 Å². The van der Waals surface area contributed by atoms with Crippen LogP contribution < -0.4 is 10.5 Å². The van der Waals surface area contributed by atoms with Crippen molar-refractivity contribution in [1.29, 1.82) is 0 Å². The molecule has 2 N–H and O–H groups in total. The van der Waals surface area contributed by atoms with Crippen molar-refractivity contribution >= 4 is 15.9 Å². The van der Waals surface area contributed by atoms with E-state index >= 15 is 0 Å². The molecule has 1 aromatic carbocycles. The van der Waals surface area contributed by atoms with Gasteiger partial charge in [0.05, 0.1) is 0 Å². The van der Waals surface area contributed by atoms with E-state index in [1.807, 2.05) is 37.3 Å². The summed E-state index contributed by atoms with van der Waals surface area (Å²) >= 11 is 3.48. The smallest absolute Gasteiger partial charge is 0.219 e. The molecule has 0 radical (unpaired) electrons. The number of pyridine rings is 1. The summed E-state index contributed by atoms with van der Waals surface area (Å²) in [6, 6.07) is 9.83. The Hall–Kier alpha value is -1.39. The standard InChI is InChI=1S/C16H19BrN2O/c1-3-4-13-8-12(10-18)9-16(19-13)20-14-5-6-15(17)11(2)7-14/h5-9H,3-4,10,18H2,1-2H3. The Kier molecular flexibility index (Phi) is 5.15. The van der Waals surface area contributed by atoms with Gasteiger partial charge in [0.15, 0.2) is 0 Å². The summed E-state index contributed by atoms with van der Waals surface area (Å²) in [7, 11) is 0. The third kappa shape index (κ3) is 3.81. The van der Waals surface area contributed by atoms with E-state index in [1.54, 1.807) is 0 Å². The Morgan fingerprint density at radius 2 is 2.05 bits per heavy atom. The zero-order valence-electron chi connectivity index (χ0n) is 11.8. The van der Waals surface area contributed by atoms with Gasteiger partial charge in [-0.3, -0.25) is 0 Å². The van der Waals surface area contributed by atoms with Gasteiger partial charge >= 0.3 is 0 Å². The molecule has 0 aliphatic heterocycles. The van der Waals surface area contributed by atoms with E-state index in [-0.39, 0.29) is 0 Å². The molecule has 0 atom stereocenters. The number of benzene rings is 1. The predicted octanol–water partition coefficient (Wildman–Crippen LogP) is 4.36. The Morgan fingerprint density at radius 3 is 2.70 bits per heavy atom. The van der Waals surface area contributed by atoms with Crippen molar-refractivity contribution in [1.82, 2.24) is 4.98 Å².